The number of carbonyl (C=O) groups excluding carboxylic acids is 1. The number of hydrogen-bond acceptors (Lipinski definition) is 4. The molecule has 3 aromatic carbocycles. The Labute approximate surface area is 204 Å². The molecule has 1 atom stereocenters. The number of amides is 2. The molecule has 1 N–H and O–H groups in total. The summed E-state index contributed by atoms with van der Waals surface area (Å²) in [5, 5.41) is 7.59. The fourth-order valence-corrected chi connectivity index (χ4v) is 4.19. The van der Waals surface area contributed by atoms with Crippen LogP contribution in [0.5, 0.6) is 0 Å². The second kappa shape index (κ2) is 9.31. The number of benzene rings is 3. The molecule has 0 saturated heterocycles. The minimum atomic E-state index is -0.653. The third-order valence-corrected chi connectivity index (χ3v) is 6.03. The van der Waals surface area contributed by atoms with Crippen molar-refractivity contribution < 1.29 is 18.1 Å². The Bertz CT molecular complexity index is 1420. The van der Waals surface area contributed by atoms with Gasteiger partial charge in [0, 0.05) is 16.3 Å². The summed E-state index contributed by atoms with van der Waals surface area (Å²) in [7, 11) is 0. The van der Waals surface area contributed by atoms with Gasteiger partial charge < -0.3 is 9.84 Å². The molecule has 9 heteroatoms. The predicted molar refractivity (Wildman–Crippen MR) is 127 cm³/mol. The van der Waals surface area contributed by atoms with Crippen LogP contribution in [-0.4, -0.2) is 21.1 Å². The van der Waals surface area contributed by atoms with Crippen LogP contribution in [-0.2, 0) is 6.54 Å². The lowest BCUT2D eigenvalue weighted by atomic mass is 9.94. The molecule has 0 aliphatic carbocycles. The molecule has 4 aromatic rings. The van der Waals surface area contributed by atoms with Gasteiger partial charge in [-0.2, -0.15) is 4.98 Å². The number of carbonyl (C=O) groups is 1. The van der Waals surface area contributed by atoms with E-state index in [2.05, 4.69) is 15.5 Å². The average molecular weight is 493 g/mol. The zero-order valence-electron chi connectivity index (χ0n) is 18.5. The minimum absolute atomic E-state index is 0.201. The van der Waals surface area contributed by atoms with E-state index >= 15 is 0 Å². The molecule has 6 nitrogen and oxygen atoms in total. The molecule has 0 radical (unpaired) electrons. The molecule has 2 amide bonds. The first-order chi connectivity index (χ1) is 16.9. The highest BCUT2D eigenvalue weighted by molar-refractivity contribution is 6.30. The third kappa shape index (κ3) is 4.65. The number of allylic oxidation sites excluding steroid dienone is 1. The largest absolute Gasteiger partial charge is 0.334 e. The van der Waals surface area contributed by atoms with E-state index in [1.165, 1.54) is 29.2 Å². The summed E-state index contributed by atoms with van der Waals surface area (Å²) in [5.41, 5.74) is 3.21. The summed E-state index contributed by atoms with van der Waals surface area (Å²) >= 11 is 6.11. The van der Waals surface area contributed by atoms with Crippen molar-refractivity contribution in [3.63, 3.8) is 0 Å². The molecular weight excluding hydrogens is 474 g/mol. The Balaban J connectivity index is 1.59. The summed E-state index contributed by atoms with van der Waals surface area (Å²) in [6.07, 6.45) is 0. The second-order valence-corrected chi connectivity index (χ2v) is 8.52. The normalized spacial score (nSPS) is 15.9. The van der Waals surface area contributed by atoms with Crippen molar-refractivity contribution in [1.82, 2.24) is 20.4 Å². The van der Waals surface area contributed by atoms with Gasteiger partial charge in [-0.25, -0.2) is 13.6 Å². The third-order valence-electron chi connectivity index (χ3n) is 5.79. The Kier molecular flexibility index (Phi) is 6.05. The molecule has 0 saturated carbocycles. The fourth-order valence-electron chi connectivity index (χ4n) is 4.00. The molecule has 0 spiro atoms. The lowest BCUT2D eigenvalue weighted by Crippen LogP contribution is -2.45. The average Bonchev–Trinajstić information content (AvgIpc) is 3.33. The van der Waals surface area contributed by atoms with Crippen molar-refractivity contribution in [2.24, 2.45) is 0 Å². The monoisotopic (exact) mass is 492 g/mol. The van der Waals surface area contributed by atoms with Crippen LogP contribution in [0.3, 0.4) is 0 Å². The molecule has 1 aliphatic rings. The molecule has 176 valence electrons. The molecule has 35 heavy (non-hydrogen) atoms. The molecule has 2 heterocycles. The van der Waals surface area contributed by atoms with E-state index in [4.69, 9.17) is 16.1 Å². The van der Waals surface area contributed by atoms with Crippen molar-refractivity contribution in [2.45, 2.75) is 19.5 Å². The summed E-state index contributed by atoms with van der Waals surface area (Å²) < 4.78 is 32.6. The highest BCUT2D eigenvalue weighted by Crippen LogP contribution is 2.38. The van der Waals surface area contributed by atoms with E-state index < -0.39 is 11.9 Å². The first kappa shape index (κ1) is 22.7. The SMILES string of the molecule is CC1=C(c2nc(-c3cccc(Cl)c3)no2)C(c2ccc(F)cc2)NC(=O)N1Cc1ccc(F)cc1. The summed E-state index contributed by atoms with van der Waals surface area (Å²) in [4.78, 5) is 19.2. The smallest absolute Gasteiger partial charge is 0.322 e. The quantitative estimate of drug-likeness (QED) is 0.351. The number of nitrogens with one attached hydrogen (secondary N) is 1. The van der Waals surface area contributed by atoms with Gasteiger partial charge >= 0.3 is 6.03 Å². The van der Waals surface area contributed by atoms with E-state index in [1.54, 1.807) is 49.4 Å². The maximum absolute atomic E-state index is 13.6. The van der Waals surface area contributed by atoms with Crippen LogP contribution in [0.1, 0.15) is 30.0 Å². The van der Waals surface area contributed by atoms with Gasteiger partial charge in [0.15, 0.2) is 0 Å². The van der Waals surface area contributed by atoms with Crippen LogP contribution in [0.25, 0.3) is 17.0 Å². The second-order valence-electron chi connectivity index (χ2n) is 8.08. The molecule has 1 aliphatic heterocycles. The first-order valence-electron chi connectivity index (χ1n) is 10.8. The van der Waals surface area contributed by atoms with Gasteiger partial charge in [0.25, 0.3) is 5.89 Å². The Morgan fingerprint density at radius 2 is 1.71 bits per heavy atom. The van der Waals surface area contributed by atoms with Gasteiger partial charge in [0.1, 0.15) is 11.6 Å². The van der Waals surface area contributed by atoms with Gasteiger partial charge in [-0.1, -0.05) is 53.2 Å². The first-order valence-corrected chi connectivity index (χ1v) is 11.2. The summed E-state index contributed by atoms with van der Waals surface area (Å²) in [6, 6.07) is 17.8. The van der Waals surface area contributed by atoms with Gasteiger partial charge in [-0.15, -0.1) is 0 Å². The maximum Gasteiger partial charge on any atom is 0.322 e. The number of nitrogens with zero attached hydrogens (tertiary/aromatic N) is 3. The molecule has 1 unspecified atom stereocenters. The van der Waals surface area contributed by atoms with E-state index in [1.807, 2.05) is 6.07 Å². The van der Waals surface area contributed by atoms with E-state index in [0.717, 1.165) is 5.56 Å². The standard InChI is InChI=1S/C26H19ClF2N4O2/c1-15-22(25-31-24(32-35-25)18-3-2-4-19(27)13-18)23(17-7-11-21(29)12-8-17)30-26(34)33(15)14-16-5-9-20(28)10-6-16/h2-13,23H,14H2,1H3,(H,30,34). The zero-order valence-corrected chi connectivity index (χ0v) is 19.3. The van der Waals surface area contributed by atoms with Crippen LogP contribution in [0.4, 0.5) is 13.6 Å². The topological polar surface area (TPSA) is 71.3 Å². The van der Waals surface area contributed by atoms with Crippen molar-refractivity contribution >= 4 is 23.2 Å². The van der Waals surface area contributed by atoms with Gasteiger partial charge in [0.05, 0.1) is 18.2 Å². The predicted octanol–water partition coefficient (Wildman–Crippen LogP) is 6.37. The van der Waals surface area contributed by atoms with E-state index in [-0.39, 0.29) is 24.3 Å². The van der Waals surface area contributed by atoms with Gasteiger partial charge in [-0.3, -0.25) is 4.90 Å². The molecule has 0 fully saturated rings. The molecular formula is C26H19ClF2N4O2. The van der Waals surface area contributed by atoms with Gasteiger partial charge in [0.2, 0.25) is 5.82 Å². The van der Waals surface area contributed by atoms with Crippen molar-refractivity contribution in [3.8, 4) is 11.4 Å². The van der Waals surface area contributed by atoms with Crippen LogP contribution in [0.15, 0.2) is 83.0 Å². The van der Waals surface area contributed by atoms with Crippen LogP contribution >= 0.6 is 11.6 Å². The van der Waals surface area contributed by atoms with Crippen molar-refractivity contribution in [1.29, 1.82) is 0 Å². The van der Waals surface area contributed by atoms with Crippen molar-refractivity contribution in [2.75, 3.05) is 0 Å². The highest BCUT2D eigenvalue weighted by atomic mass is 35.5. The molecule has 1 aromatic heterocycles. The van der Waals surface area contributed by atoms with Crippen LogP contribution in [0, 0.1) is 11.6 Å². The van der Waals surface area contributed by atoms with E-state index in [0.29, 0.717) is 33.2 Å². The molecule has 0 bridgehead atoms. The highest BCUT2D eigenvalue weighted by Gasteiger charge is 2.35. The minimum Gasteiger partial charge on any atom is -0.334 e. The maximum atomic E-state index is 13.6. The Hall–Kier alpha value is -4.04. The number of urea groups is 1. The van der Waals surface area contributed by atoms with Crippen LogP contribution in [0.2, 0.25) is 5.02 Å². The fraction of sp³-hybridized carbons (Fsp3) is 0.115. The summed E-state index contributed by atoms with van der Waals surface area (Å²) in [6.45, 7) is 1.98. The Morgan fingerprint density at radius 1 is 1.03 bits per heavy atom. The lowest BCUT2D eigenvalue weighted by Gasteiger charge is -2.35. The Morgan fingerprint density at radius 3 is 2.40 bits per heavy atom. The van der Waals surface area contributed by atoms with Crippen LogP contribution < -0.4 is 5.32 Å². The lowest BCUT2D eigenvalue weighted by molar-refractivity contribution is 0.203. The number of hydrogen-bond donors (Lipinski definition) is 1. The zero-order chi connectivity index (χ0) is 24.5. The number of rotatable bonds is 5. The summed E-state index contributed by atoms with van der Waals surface area (Å²) in [5.74, 6) is -0.212. The number of halogens is 3. The molecule has 5 rings (SSSR count). The van der Waals surface area contributed by atoms with Crippen molar-refractivity contribution in [3.05, 3.63) is 112 Å². The number of aromatic nitrogens is 2. The van der Waals surface area contributed by atoms with E-state index in [9.17, 15) is 13.6 Å². The van der Waals surface area contributed by atoms with Gasteiger partial charge in [-0.05, 0) is 54.4 Å².